The van der Waals surface area contributed by atoms with Crippen LogP contribution in [0.4, 0.5) is 5.82 Å². The third kappa shape index (κ3) is 4.69. The van der Waals surface area contributed by atoms with Gasteiger partial charge in [-0.25, -0.2) is 4.98 Å². The van der Waals surface area contributed by atoms with Crippen LogP contribution in [-0.2, 0) is 26.7 Å². The van der Waals surface area contributed by atoms with Crippen LogP contribution in [0.3, 0.4) is 0 Å². The second-order valence-corrected chi connectivity index (χ2v) is 10.7. The molecule has 3 aliphatic heterocycles. The predicted octanol–water partition coefficient (Wildman–Crippen LogP) is 1.59. The number of rotatable bonds is 5. The Morgan fingerprint density at radius 3 is 2.57 bits per heavy atom. The molecule has 9 heteroatoms. The Balaban J connectivity index is 1.16. The van der Waals surface area contributed by atoms with E-state index >= 15 is 0 Å². The Morgan fingerprint density at radius 1 is 0.946 bits per heavy atom. The molecule has 0 saturated carbocycles. The number of hydrogen-bond acceptors (Lipinski definition) is 7. The molecule has 2 bridgehead atoms. The zero-order valence-corrected chi connectivity index (χ0v) is 21.3. The molecule has 0 amide bonds. The average molecular weight is 503 g/mol. The standard InChI is InChI=1S/C28H34N6O3/c1-30-22(18-32-15-20-13-21(17-32)23-5-4-7-27(36)34(23)16-20)14-25(35)28(37)24(30)19-31-9-11-33(12-10-31)26-6-2-3-8-29-26/h2-8,14,20-21,37H,9-13,15-19H2,1H3/t20-,21+/m0/s1. The molecule has 3 aromatic heterocycles. The van der Waals surface area contributed by atoms with E-state index in [1.165, 1.54) is 0 Å². The summed E-state index contributed by atoms with van der Waals surface area (Å²) in [6, 6.07) is 13.1. The van der Waals surface area contributed by atoms with Crippen LogP contribution in [0, 0.1) is 5.92 Å². The van der Waals surface area contributed by atoms with Crippen LogP contribution in [-0.4, -0.2) is 68.3 Å². The number of pyridine rings is 3. The van der Waals surface area contributed by atoms with Crippen molar-refractivity contribution in [1.82, 2.24) is 23.9 Å². The maximum atomic E-state index is 12.8. The van der Waals surface area contributed by atoms with Gasteiger partial charge in [-0.1, -0.05) is 12.1 Å². The number of fused-ring (bicyclic) bond motifs is 4. The van der Waals surface area contributed by atoms with E-state index in [4.69, 9.17) is 0 Å². The average Bonchev–Trinajstić information content (AvgIpc) is 2.91. The summed E-state index contributed by atoms with van der Waals surface area (Å²) in [6.07, 6.45) is 2.92. The molecule has 9 nitrogen and oxygen atoms in total. The summed E-state index contributed by atoms with van der Waals surface area (Å²) < 4.78 is 3.95. The van der Waals surface area contributed by atoms with Crippen LogP contribution in [0.2, 0.25) is 0 Å². The molecule has 1 N–H and O–H groups in total. The molecular formula is C28H34N6O3. The van der Waals surface area contributed by atoms with E-state index in [9.17, 15) is 14.7 Å². The van der Waals surface area contributed by atoms with Gasteiger partial charge in [-0.15, -0.1) is 0 Å². The van der Waals surface area contributed by atoms with Gasteiger partial charge in [0.15, 0.2) is 5.75 Å². The summed E-state index contributed by atoms with van der Waals surface area (Å²) in [5.74, 6) is 1.58. The van der Waals surface area contributed by atoms with Crippen molar-refractivity contribution in [3.8, 4) is 5.75 Å². The highest BCUT2D eigenvalue weighted by Gasteiger charge is 2.34. The molecule has 3 aliphatic rings. The minimum atomic E-state index is -0.315. The van der Waals surface area contributed by atoms with Gasteiger partial charge in [0.1, 0.15) is 5.82 Å². The molecule has 0 aliphatic carbocycles. The van der Waals surface area contributed by atoms with Crippen LogP contribution < -0.4 is 15.9 Å². The molecular weight excluding hydrogens is 468 g/mol. The van der Waals surface area contributed by atoms with E-state index in [0.717, 1.165) is 69.4 Å². The molecule has 0 radical (unpaired) electrons. The summed E-state index contributed by atoms with van der Waals surface area (Å²) >= 11 is 0. The predicted molar refractivity (Wildman–Crippen MR) is 142 cm³/mol. The lowest BCUT2D eigenvalue weighted by Crippen LogP contribution is -2.47. The summed E-state index contributed by atoms with van der Waals surface area (Å²) in [4.78, 5) is 36.5. The van der Waals surface area contributed by atoms with Gasteiger partial charge in [0, 0.05) is 102 Å². The van der Waals surface area contributed by atoms with Crippen LogP contribution in [0.15, 0.2) is 58.3 Å². The molecule has 6 rings (SSSR count). The van der Waals surface area contributed by atoms with Crippen LogP contribution in [0.25, 0.3) is 0 Å². The van der Waals surface area contributed by atoms with Crippen molar-refractivity contribution in [3.63, 3.8) is 0 Å². The maximum absolute atomic E-state index is 12.8. The largest absolute Gasteiger partial charge is 0.503 e. The summed E-state index contributed by atoms with van der Waals surface area (Å²) in [6.45, 7) is 7.08. The molecule has 0 spiro atoms. The molecule has 0 aromatic carbocycles. The van der Waals surface area contributed by atoms with Gasteiger partial charge >= 0.3 is 0 Å². The molecule has 0 unspecified atom stereocenters. The number of aromatic nitrogens is 3. The van der Waals surface area contributed by atoms with Gasteiger partial charge < -0.3 is 19.1 Å². The minimum Gasteiger partial charge on any atom is -0.503 e. The van der Waals surface area contributed by atoms with Crippen molar-refractivity contribution >= 4 is 5.82 Å². The summed E-state index contributed by atoms with van der Waals surface area (Å²) in [5.41, 5.74) is 2.48. The number of nitrogens with zero attached hydrogens (tertiary/aromatic N) is 6. The summed E-state index contributed by atoms with van der Waals surface area (Å²) in [5, 5.41) is 10.7. The Bertz CT molecular complexity index is 1390. The van der Waals surface area contributed by atoms with Crippen LogP contribution >= 0.6 is 0 Å². The van der Waals surface area contributed by atoms with Crippen LogP contribution in [0.5, 0.6) is 5.75 Å². The molecule has 2 saturated heterocycles. The highest BCUT2D eigenvalue weighted by atomic mass is 16.3. The highest BCUT2D eigenvalue weighted by Crippen LogP contribution is 2.35. The molecule has 3 aromatic rings. The number of likely N-dealkylation sites (tertiary alicyclic amines) is 1. The van der Waals surface area contributed by atoms with Gasteiger partial charge in [-0.2, -0.15) is 0 Å². The third-order valence-electron chi connectivity index (χ3n) is 8.30. The molecule has 2 fully saturated rings. The van der Waals surface area contributed by atoms with Crippen molar-refractivity contribution in [3.05, 3.63) is 86.3 Å². The van der Waals surface area contributed by atoms with Crippen molar-refractivity contribution in [2.45, 2.75) is 32.0 Å². The fourth-order valence-electron chi connectivity index (χ4n) is 6.37. The van der Waals surface area contributed by atoms with E-state index in [1.54, 1.807) is 12.1 Å². The third-order valence-corrected chi connectivity index (χ3v) is 8.30. The monoisotopic (exact) mass is 502 g/mol. The number of piperazine rings is 1. The minimum absolute atomic E-state index is 0.0899. The molecule has 2 atom stereocenters. The van der Waals surface area contributed by atoms with Gasteiger partial charge in [0.05, 0.1) is 5.69 Å². The first-order valence-corrected chi connectivity index (χ1v) is 13.2. The zero-order valence-electron chi connectivity index (χ0n) is 21.3. The fourth-order valence-corrected chi connectivity index (χ4v) is 6.37. The first-order chi connectivity index (χ1) is 18.0. The number of piperidine rings is 1. The van der Waals surface area contributed by atoms with E-state index in [1.807, 2.05) is 46.6 Å². The van der Waals surface area contributed by atoms with Crippen molar-refractivity contribution in [1.29, 1.82) is 0 Å². The van der Waals surface area contributed by atoms with Crippen molar-refractivity contribution < 1.29 is 5.11 Å². The molecule has 194 valence electrons. The lowest BCUT2D eigenvalue weighted by atomic mass is 9.83. The van der Waals surface area contributed by atoms with E-state index in [0.29, 0.717) is 30.6 Å². The summed E-state index contributed by atoms with van der Waals surface area (Å²) in [7, 11) is 1.95. The SMILES string of the molecule is Cn1c(CN2C[C@@H]3C[C@H](C2)c2cccc(=O)n2C3)cc(=O)c(O)c1CN1CCN(c2ccccn2)CC1. The lowest BCUT2D eigenvalue weighted by Gasteiger charge is -2.43. The first kappa shape index (κ1) is 23.9. The second kappa shape index (κ2) is 9.79. The number of aromatic hydroxyl groups is 1. The maximum Gasteiger partial charge on any atom is 0.250 e. The first-order valence-electron chi connectivity index (χ1n) is 13.2. The number of anilines is 1. The van der Waals surface area contributed by atoms with Crippen LogP contribution in [0.1, 0.15) is 29.4 Å². The Kier molecular flexibility index (Phi) is 6.34. The van der Waals surface area contributed by atoms with E-state index in [-0.39, 0.29) is 16.7 Å². The highest BCUT2D eigenvalue weighted by molar-refractivity contribution is 5.38. The fraction of sp³-hybridized carbons (Fsp3) is 0.464. The quantitative estimate of drug-likeness (QED) is 0.567. The second-order valence-electron chi connectivity index (χ2n) is 10.7. The zero-order chi connectivity index (χ0) is 25.5. The Morgan fingerprint density at radius 2 is 1.78 bits per heavy atom. The molecule has 6 heterocycles. The van der Waals surface area contributed by atoms with Gasteiger partial charge in [-0.05, 0) is 30.5 Å². The van der Waals surface area contributed by atoms with Gasteiger partial charge in [0.25, 0.3) is 5.56 Å². The van der Waals surface area contributed by atoms with E-state index in [2.05, 4.69) is 25.8 Å². The topological polar surface area (TPSA) is 86.8 Å². The van der Waals surface area contributed by atoms with E-state index < -0.39 is 0 Å². The smallest absolute Gasteiger partial charge is 0.250 e. The lowest BCUT2D eigenvalue weighted by molar-refractivity contribution is 0.112. The Hall–Kier alpha value is -3.43. The normalized spacial score (nSPS) is 22.1. The molecule has 37 heavy (non-hydrogen) atoms. The van der Waals surface area contributed by atoms with Gasteiger partial charge in [0.2, 0.25) is 5.43 Å². The van der Waals surface area contributed by atoms with Crippen molar-refractivity contribution in [2.75, 3.05) is 44.2 Å². The van der Waals surface area contributed by atoms with Gasteiger partial charge in [-0.3, -0.25) is 19.4 Å². The van der Waals surface area contributed by atoms with Crippen molar-refractivity contribution in [2.24, 2.45) is 13.0 Å². The Labute approximate surface area is 216 Å². The number of hydrogen-bond donors (Lipinski definition) is 1.